The first kappa shape index (κ1) is 14.4. The lowest BCUT2D eigenvalue weighted by atomic mass is 10.2. The highest BCUT2D eigenvalue weighted by atomic mass is 79.9. The lowest BCUT2D eigenvalue weighted by Crippen LogP contribution is -2.08. The van der Waals surface area contributed by atoms with E-state index in [1.165, 1.54) is 17.5 Å². The minimum Gasteiger partial charge on any atom is -0.312 e. The fraction of sp³-hybridized carbons (Fsp3) is 0.417. The van der Waals surface area contributed by atoms with Crippen LogP contribution in [0.15, 0.2) is 16.6 Å². The van der Waals surface area contributed by atoms with Gasteiger partial charge < -0.3 is 4.72 Å². The molecule has 1 aromatic carbocycles. The normalized spacial score (nSPS) is 15.2. The second kappa shape index (κ2) is 5.69. The topological polar surface area (TPSA) is 29.9 Å². The maximum absolute atomic E-state index is 12.7. The SMILES string of the molecule is FC(F)Cn1nc(NSC2CC2)c2c(Cl)ccc(Br)c21. The molecule has 2 aromatic rings. The molecule has 0 atom stereocenters. The average molecular weight is 383 g/mol. The van der Waals surface area contributed by atoms with Crippen molar-refractivity contribution in [3.8, 4) is 0 Å². The van der Waals surface area contributed by atoms with Gasteiger partial charge in [-0.1, -0.05) is 11.6 Å². The Hall–Kier alpha value is -0.530. The first-order valence-electron chi connectivity index (χ1n) is 6.10. The number of nitrogens with zero attached hydrogens (tertiary/aromatic N) is 2. The second-order valence-electron chi connectivity index (χ2n) is 4.59. The Bertz CT molecular complexity index is 645. The molecule has 0 amide bonds. The van der Waals surface area contributed by atoms with Crippen molar-refractivity contribution in [1.29, 1.82) is 0 Å². The maximum atomic E-state index is 12.7. The summed E-state index contributed by atoms with van der Waals surface area (Å²) in [4.78, 5) is 0. The number of alkyl halides is 2. The van der Waals surface area contributed by atoms with Crippen molar-refractivity contribution in [2.45, 2.75) is 31.1 Å². The van der Waals surface area contributed by atoms with Crippen LogP contribution in [0.1, 0.15) is 12.8 Å². The van der Waals surface area contributed by atoms with Crippen LogP contribution in [0.25, 0.3) is 10.9 Å². The summed E-state index contributed by atoms with van der Waals surface area (Å²) in [7, 11) is 0. The molecule has 1 aliphatic rings. The number of aromatic nitrogens is 2. The maximum Gasteiger partial charge on any atom is 0.257 e. The van der Waals surface area contributed by atoms with Crippen molar-refractivity contribution in [1.82, 2.24) is 9.78 Å². The number of halogens is 4. The summed E-state index contributed by atoms with van der Waals surface area (Å²) >= 11 is 11.2. The summed E-state index contributed by atoms with van der Waals surface area (Å²) in [5.41, 5.74) is 0.594. The molecule has 20 heavy (non-hydrogen) atoms. The molecule has 0 unspecified atom stereocenters. The predicted molar refractivity (Wildman–Crippen MR) is 82.7 cm³/mol. The molecule has 3 rings (SSSR count). The third kappa shape index (κ3) is 2.89. The Morgan fingerprint density at radius 3 is 2.90 bits per heavy atom. The van der Waals surface area contributed by atoms with E-state index in [-0.39, 0.29) is 0 Å². The van der Waals surface area contributed by atoms with Crippen LogP contribution in [-0.2, 0) is 6.54 Å². The molecule has 1 fully saturated rings. The molecule has 1 aliphatic carbocycles. The minimum atomic E-state index is -2.46. The molecular weight excluding hydrogens is 372 g/mol. The summed E-state index contributed by atoms with van der Waals surface area (Å²) < 4.78 is 30.5. The highest BCUT2D eigenvalue weighted by Gasteiger charge is 2.24. The zero-order chi connectivity index (χ0) is 14.3. The van der Waals surface area contributed by atoms with E-state index >= 15 is 0 Å². The largest absolute Gasteiger partial charge is 0.312 e. The minimum absolute atomic E-state index is 0.453. The van der Waals surface area contributed by atoms with Gasteiger partial charge in [0.15, 0.2) is 5.82 Å². The number of fused-ring (bicyclic) bond motifs is 1. The molecule has 1 N–H and O–H groups in total. The van der Waals surface area contributed by atoms with Gasteiger partial charge in [-0.3, -0.25) is 4.68 Å². The van der Waals surface area contributed by atoms with E-state index in [1.54, 1.807) is 24.1 Å². The number of hydrogen-bond donors (Lipinski definition) is 1. The first-order chi connectivity index (χ1) is 9.56. The molecule has 108 valence electrons. The number of benzene rings is 1. The highest BCUT2D eigenvalue weighted by molar-refractivity contribution is 9.10. The number of hydrogen-bond acceptors (Lipinski definition) is 3. The van der Waals surface area contributed by atoms with Gasteiger partial charge >= 0.3 is 0 Å². The quantitative estimate of drug-likeness (QED) is 0.743. The summed E-state index contributed by atoms with van der Waals surface area (Å²) in [5.74, 6) is 0.545. The van der Waals surface area contributed by atoms with Crippen molar-refractivity contribution in [3.63, 3.8) is 0 Å². The van der Waals surface area contributed by atoms with Crippen molar-refractivity contribution >= 4 is 56.2 Å². The third-order valence-corrected chi connectivity index (χ3v) is 5.02. The van der Waals surface area contributed by atoms with Crippen LogP contribution in [0.3, 0.4) is 0 Å². The summed E-state index contributed by atoms with van der Waals surface area (Å²) in [6, 6.07) is 3.47. The molecular formula is C12H11BrClF2N3S. The van der Waals surface area contributed by atoms with Gasteiger partial charge in [0.1, 0.15) is 6.54 Å². The van der Waals surface area contributed by atoms with E-state index in [9.17, 15) is 8.78 Å². The van der Waals surface area contributed by atoms with Gasteiger partial charge in [0.25, 0.3) is 6.43 Å². The predicted octanol–water partition coefficient (Wildman–Crippen LogP) is 4.94. The molecule has 0 radical (unpaired) electrons. The van der Waals surface area contributed by atoms with Gasteiger partial charge in [0, 0.05) is 9.72 Å². The summed E-state index contributed by atoms with van der Waals surface area (Å²) in [6.45, 7) is -0.453. The van der Waals surface area contributed by atoms with E-state index in [1.807, 2.05) is 0 Å². The van der Waals surface area contributed by atoms with Crippen LogP contribution in [0.2, 0.25) is 5.02 Å². The molecule has 0 aliphatic heterocycles. The van der Waals surface area contributed by atoms with E-state index < -0.39 is 13.0 Å². The number of rotatable bonds is 5. The van der Waals surface area contributed by atoms with E-state index in [4.69, 9.17) is 11.6 Å². The fourth-order valence-corrected chi connectivity index (χ4v) is 3.47. The van der Waals surface area contributed by atoms with E-state index in [0.29, 0.717) is 31.5 Å². The number of anilines is 1. The Kier molecular flexibility index (Phi) is 4.10. The van der Waals surface area contributed by atoms with Gasteiger partial charge in [-0.05, 0) is 52.9 Å². The Morgan fingerprint density at radius 2 is 2.25 bits per heavy atom. The zero-order valence-electron chi connectivity index (χ0n) is 10.2. The molecule has 0 spiro atoms. The molecule has 1 aromatic heterocycles. The standard InChI is InChI=1S/C12H11BrClF2N3S/c13-7-3-4-8(14)10-11(7)19(5-9(15)16)17-12(10)18-20-6-1-2-6/h3-4,6,9H,1-2,5H2,(H,17,18). The van der Waals surface area contributed by atoms with Crippen molar-refractivity contribution < 1.29 is 8.78 Å². The zero-order valence-corrected chi connectivity index (χ0v) is 13.4. The van der Waals surface area contributed by atoms with Crippen molar-refractivity contribution in [2.75, 3.05) is 4.72 Å². The fourth-order valence-electron chi connectivity index (χ4n) is 1.90. The summed E-state index contributed by atoms with van der Waals surface area (Å²) in [5, 5.41) is 6.00. The van der Waals surface area contributed by atoms with E-state index in [0.717, 1.165) is 0 Å². The Morgan fingerprint density at radius 1 is 1.50 bits per heavy atom. The Balaban J connectivity index is 2.05. The van der Waals surface area contributed by atoms with Crippen LogP contribution in [-0.4, -0.2) is 21.5 Å². The monoisotopic (exact) mass is 381 g/mol. The summed E-state index contributed by atoms with van der Waals surface area (Å²) in [6.07, 6.45) is -0.122. The van der Waals surface area contributed by atoms with Gasteiger partial charge in [0.05, 0.1) is 15.9 Å². The van der Waals surface area contributed by atoms with Crippen molar-refractivity contribution in [2.24, 2.45) is 0 Å². The van der Waals surface area contributed by atoms with Crippen molar-refractivity contribution in [3.05, 3.63) is 21.6 Å². The van der Waals surface area contributed by atoms with Gasteiger partial charge in [-0.25, -0.2) is 8.78 Å². The Labute approximate surface area is 132 Å². The lowest BCUT2D eigenvalue weighted by Gasteiger charge is -2.04. The molecule has 1 saturated carbocycles. The highest BCUT2D eigenvalue weighted by Crippen LogP contribution is 2.39. The smallest absolute Gasteiger partial charge is 0.257 e. The van der Waals surface area contributed by atoms with Gasteiger partial charge in [0.2, 0.25) is 0 Å². The van der Waals surface area contributed by atoms with Gasteiger partial charge in [-0.2, -0.15) is 5.10 Å². The van der Waals surface area contributed by atoms with Crippen LogP contribution in [0.4, 0.5) is 14.6 Å². The molecule has 1 heterocycles. The van der Waals surface area contributed by atoms with Gasteiger partial charge in [-0.15, -0.1) is 0 Å². The molecule has 0 saturated heterocycles. The molecule has 3 nitrogen and oxygen atoms in total. The van der Waals surface area contributed by atoms with Crippen LogP contribution >= 0.6 is 39.5 Å². The lowest BCUT2D eigenvalue weighted by molar-refractivity contribution is 0.123. The van der Waals surface area contributed by atoms with Crippen LogP contribution in [0, 0.1) is 0 Å². The molecule has 8 heteroatoms. The first-order valence-corrected chi connectivity index (χ1v) is 8.15. The average Bonchev–Trinajstić information content (AvgIpc) is 3.14. The third-order valence-electron chi connectivity index (χ3n) is 2.95. The number of nitrogens with one attached hydrogen (secondary N) is 1. The van der Waals surface area contributed by atoms with E-state index in [2.05, 4.69) is 25.8 Å². The van der Waals surface area contributed by atoms with Crippen LogP contribution < -0.4 is 4.72 Å². The second-order valence-corrected chi connectivity index (χ2v) is 6.96. The molecule has 0 bridgehead atoms. The van der Waals surface area contributed by atoms with Crippen LogP contribution in [0.5, 0.6) is 0 Å².